The van der Waals surface area contributed by atoms with Gasteiger partial charge in [-0.3, -0.25) is 0 Å². The highest BCUT2D eigenvalue weighted by atomic mass is 32.2. The number of aryl methyl sites for hydroxylation is 1. The average Bonchev–Trinajstić information content (AvgIpc) is 2.58. The number of hydrogen-bond acceptors (Lipinski definition) is 3. The number of thioether (sulfide) groups is 1. The molecule has 3 heteroatoms. The van der Waals surface area contributed by atoms with Crippen LogP contribution < -0.4 is 0 Å². The number of rotatable bonds is 3. The fraction of sp³-hybridized carbons (Fsp3) is 0.300. The third-order valence-corrected chi connectivity index (χ3v) is 2.61. The predicted octanol–water partition coefficient (Wildman–Crippen LogP) is 2.73. The van der Waals surface area contributed by atoms with Gasteiger partial charge in [0, 0.05) is 11.8 Å². The van der Waals surface area contributed by atoms with Crippen LogP contribution in [0.2, 0.25) is 0 Å². The molecule has 0 unspecified atom stereocenters. The van der Waals surface area contributed by atoms with E-state index in [-0.39, 0.29) is 0 Å². The van der Waals surface area contributed by atoms with Gasteiger partial charge in [0.2, 0.25) is 0 Å². The van der Waals surface area contributed by atoms with Crippen LogP contribution >= 0.6 is 11.8 Å². The molecule has 0 radical (unpaired) electrons. The monoisotopic (exact) mass is 193 g/mol. The highest BCUT2D eigenvalue weighted by Crippen LogP contribution is 2.18. The maximum Gasteiger partial charge on any atom is 0.167 e. The molecule has 1 aromatic heterocycles. The van der Waals surface area contributed by atoms with Gasteiger partial charge in [-0.15, -0.1) is 0 Å². The zero-order chi connectivity index (χ0) is 9.10. The summed E-state index contributed by atoms with van der Waals surface area (Å²) in [7, 11) is 0. The highest BCUT2D eigenvalue weighted by molar-refractivity contribution is 7.98. The van der Waals surface area contributed by atoms with Crippen LogP contribution in [0.5, 0.6) is 0 Å². The van der Waals surface area contributed by atoms with E-state index in [1.807, 2.05) is 30.0 Å². The van der Waals surface area contributed by atoms with E-state index in [0.29, 0.717) is 0 Å². The minimum atomic E-state index is 0.888. The van der Waals surface area contributed by atoms with Crippen molar-refractivity contribution in [3.63, 3.8) is 0 Å². The summed E-state index contributed by atoms with van der Waals surface area (Å²) in [6.07, 6.45) is 3.08. The molecule has 0 amide bonds. The van der Waals surface area contributed by atoms with E-state index in [9.17, 15) is 0 Å². The zero-order valence-corrected chi connectivity index (χ0v) is 8.30. The van der Waals surface area contributed by atoms with Gasteiger partial charge in [-0.25, -0.2) is 0 Å². The molecule has 1 heterocycles. The second kappa shape index (κ2) is 3.83. The molecule has 2 rings (SSSR count). The van der Waals surface area contributed by atoms with Gasteiger partial charge in [-0.05, 0) is 24.1 Å². The predicted molar refractivity (Wildman–Crippen MR) is 56.1 cm³/mol. The van der Waals surface area contributed by atoms with E-state index < -0.39 is 0 Å². The SMILES string of the molecule is CSCCc1noc2ccccc12. The molecule has 2 nitrogen and oxygen atoms in total. The molecule has 13 heavy (non-hydrogen) atoms. The van der Waals surface area contributed by atoms with Gasteiger partial charge in [-0.1, -0.05) is 17.3 Å². The Hall–Kier alpha value is -0.960. The Morgan fingerprint density at radius 3 is 3.08 bits per heavy atom. The first kappa shape index (κ1) is 8.63. The van der Waals surface area contributed by atoms with Gasteiger partial charge < -0.3 is 4.52 Å². The lowest BCUT2D eigenvalue weighted by atomic mass is 10.2. The maximum atomic E-state index is 5.19. The van der Waals surface area contributed by atoms with Crippen molar-refractivity contribution in [2.75, 3.05) is 12.0 Å². The van der Waals surface area contributed by atoms with Crippen LogP contribution in [0, 0.1) is 0 Å². The van der Waals surface area contributed by atoms with Crippen molar-refractivity contribution < 1.29 is 4.52 Å². The van der Waals surface area contributed by atoms with E-state index in [4.69, 9.17) is 4.52 Å². The van der Waals surface area contributed by atoms with Crippen molar-refractivity contribution in [2.45, 2.75) is 6.42 Å². The molecule has 0 aliphatic rings. The van der Waals surface area contributed by atoms with E-state index in [0.717, 1.165) is 28.8 Å². The average molecular weight is 193 g/mol. The molecule has 0 spiro atoms. The second-order valence-corrected chi connectivity index (χ2v) is 3.85. The largest absolute Gasteiger partial charge is 0.356 e. The molecule has 0 saturated heterocycles. The lowest BCUT2D eigenvalue weighted by Crippen LogP contribution is -1.87. The molecule has 0 atom stereocenters. The smallest absolute Gasteiger partial charge is 0.167 e. The third-order valence-electron chi connectivity index (χ3n) is 2.00. The van der Waals surface area contributed by atoms with Gasteiger partial charge >= 0.3 is 0 Å². The van der Waals surface area contributed by atoms with Crippen LogP contribution in [0.4, 0.5) is 0 Å². The van der Waals surface area contributed by atoms with Crippen molar-refractivity contribution in [3.8, 4) is 0 Å². The molecule has 0 aliphatic heterocycles. The Morgan fingerprint density at radius 2 is 2.23 bits per heavy atom. The summed E-state index contributed by atoms with van der Waals surface area (Å²) in [6.45, 7) is 0. The number of benzene rings is 1. The Kier molecular flexibility index (Phi) is 2.54. The van der Waals surface area contributed by atoms with Gasteiger partial charge in [0.15, 0.2) is 5.58 Å². The standard InChI is InChI=1S/C10H11NOS/c1-13-7-6-9-8-4-2-3-5-10(8)12-11-9/h2-5H,6-7H2,1H3. The minimum absolute atomic E-state index is 0.888. The summed E-state index contributed by atoms with van der Waals surface area (Å²) in [6, 6.07) is 7.99. The molecule has 0 fully saturated rings. The molecule has 68 valence electrons. The first-order chi connectivity index (χ1) is 6.42. The fourth-order valence-electron chi connectivity index (χ4n) is 1.32. The number of para-hydroxylation sites is 1. The van der Waals surface area contributed by atoms with Crippen molar-refractivity contribution in [2.24, 2.45) is 0 Å². The Morgan fingerprint density at radius 1 is 1.38 bits per heavy atom. The van der Waals surface area contributed by atoms with Gasteiger partial charge in [0.1, 0.15) is 0 Å². The molecule has 0 saturated carbocycles. The van der Waals surface area contributed by atoms with Crippen molar-refractivity contribution >= 4 is 22.7 Å². The van der Waals surface area contributed by atoms with Crippen LogP contribution in [-0.4, -0.2) is 17.2 Å². The minimum Gasteiger partial charge on any atom is -0.356 e. The molecular weight excluding hydrogens is 182 g/mol. The molecule has 0 N–H and O–H groups in total. The van der Waals surface area contributed by atoms with Crippen molar-refractivity contribution in [3.05, 3.63) is 30.0 Å². The zero-order valence-electron chi connectivity index (χ0n) is 7.49. The van der Waals surface area contributed by atoms with Crippen LogP contribution in [-0.2, 0) is 6.42 Å². The summed E-state index contributed by atoms with van der Waals surface area (Å²) in [5, 5.41) is 5.19. The molecular formula is C10H11NOS. The third kappa shape index (κ3) is 1.70. The Balaban J connectivity index is 2.35. The topological polar surface area (TPSA) is 26.0 Å². The number of nitrogens with zero attached hydrogens (tertiary/aromatic N) is 1. The number of aromatic nitrogens is 1. The molecule has 2 aromatic rings. The first-order valence-corrected chi connectivity index (χ1v) is 5.63. The Labute approximate surface area is 81.3 Å². The summed E-state index contributed by atoms with van der Waals surface area (Å²) in [4.78, 5) is 0. The lowest BCUT2D eigenvalue weighted by molar-refractivity contribution is 0.447. The summed E-state index contributed by atoms with van der Waals surface area (Å²) in [5.74, 6) is 1.09. The molecule has 0 aliphatic carbocycles. The number of hydrogen-bond donors (Lipinski definition) is 0. The van der Waals surface area contributed by atoms with Crippen molar-refractivity contribution in [1.82, 2.24) is 5.16 Å². The van der Waals surface area contributed by atoms with Gasteiger partial charge in [0.25, 0.3) is 0 Å². The highest BCUT2D eigenvalue weighted by Gasteiger charge is 2.05. The van der Waals surface area contributed by atoms with Crippen LogP contribution in [0.15, 0.2) is 28.8 Å². The summed E-state index contributed by atoms with van der Waals surface area (Å²) >= 11 is 1.83. The van der Waals surface area contributed by atoms with E-state index in [1.165, 1.54) is 0 Å². The van der Waals surface area contributed by atoms with Crippen LogP contribution in [0.1, 0.15) is 5.69 Å². The van der Waals surface area contributed by atoms with Crippen LogP contribution in [0.3, 0.4) is 0 Å². The maximum absolute atomic E-state index is 5.19. The summed E-state index contributed by atoms with van der Waals surface area (Å²) < 4.78 is 5.19. The van der Waals surface area contributed by atoms with E-state index in [2.05, 4.69) is 17.5 Å². The van der Waals surface area contributed by atoms with Gasteiger partial charge in [0.05, 0.1) is 5.69 Å². The summed E-state index contributed by atoms with van der Waals surface area (Å²) in [5.41, 5.74) is 1.96. The van der Waals surface area contributed by atoms with Crippen molar-refractivity contribution in [1.29, 1.82) is 0 Å². The first-order valence-electron chi connectivity index (χ1n) is 4.24. The number of fused-ring (bicyclic) bond motifs is 1. The van der Waals surface area contributed by atoms with Crippen LogP contribution in [0.25, 0.3) is 11.0 Å². The van der Waals surface area contributed by atoms with E-state index >= 15 is 0 Å². The van der Waals surface area contributed by atoms with Gasteiger partial charge in [-0.2, -0.15) is 11.8 Å². The Bertz CT molecular complexity index is 396. The van der Waals surface area contributed by atoms with E-state index in [1.54, 1.807) is 0 Å². The normalized spacial score (nSPS) is 10.8. The molecule has 0 bridgehead atoms. The quantitative estimate of drug-likeness (QED) is 0.749. The second-order valence-electron chi connectivity index (χ2n) is 2.87. The molecule has 1 aromatic carbocycles. The lowest BCUT2D eigenvalue weighted by Gasteiger charge is -1.92. The fourth-order valence-corrected chi connectivity index (χ4v) is 1.71.